The number of aliphatic carboxylic acids is 1. The number of nitrogens with zero attached hydrogens (tertiary/aromatic N) is 1. The lowest BCUT2D eigenvalue weighted by atomic mass is 10.00. The average Bonchev–Trinajstić information content (AvgIpc) is 3.37. The Morgan fingerprint density at radius 1 is 1.21 bits per heavy atom. The zero-order chi connectivity index (χ0) is 17.2. The Hall–Kier alpha value is -2.37. The van der Waals surface area contributed by atoms with Crippen LogP contribution in [0.1, 0.15) is 43.7 Å². The number of hydrogen-bond donors (Lipinski definition) is 2. The molecule has 3 rings (SSSR count). The van der Waals surface area contributed by atoms with Crippen molar-refractivity contribution >= 4 is 17.8 Å². The van der Waals surface area contributed by atoms with Crippen LogP contribution in [0.25, 0.3) is 0 Å². The minimum atomic E-state index is -0.867. The summed E-state index contributed by atoms with van der Waals surface area (Å²) in [5, 5.41) is 12.0. The molecule has 0 aromatic heterocycles. The first-order valence-electron chi connectivity index (χ1n) is 8.39. The molecule has 6 nitrogen and oxygen atoms in total. The van der Waals surface area contributed by atoms with Crippen molar-refractivity contribution in [1.82, 2.24) is 10.2 Å². The molecule has 2 fully saturated rings. The third-order valence-electron chi connectivity index (χ3n) is 4.94. The minimum absolute atomic E-state index is 0.0235. The van der Waals surface area contributed by atoms with Crippen LogP contribution in [0.4, 0.5) is 0 Å². The minimum Gasteiger partial charge on any atom is -0.481 e. The van der Waals surface area contributed by atoms with E-state index < -0.39 is 17.4 Å². The molecule has 1 aliphatic heterocycles. The number of nitrogens with one attached hydrogen (secondary N) is 1. The standard InChI is InChI=1S/C18H22N2O4/c21-14-8-4-5-11-20(14)15(13-6-2-1-3-7-13)16(22)19-12-18(9-10-18)17(23)24/h1-3,6-7,15H,4-5,8-12H2,(H,19,22)(H,23,24). The summed E-state index contributed by atoms with van der Waals surface area (Å²) in [7, 11) is 0. The summed E-state index contributed by atoms with van der Waals surface area (Å²) in [6.07, 6.45) is 3.35. The van der Waals surface area contributed by atoms with Gasteiger partial charge in [0.1, 0.15) is 6.04 Å². The summed E-state index contributed by atoms with van der Waals surface area (Å²) in [5.74, 6) is -1.19. The summed E-state index contributed by atoms with van der Waals surface area (Å²) in [6.45, 7) is 0.669. The van der Waals surface area contributed by atoms with Crippen LogP contribution in [-0.2, 0) is 14.4 Å². The van der Waals surface area contributed by atoms with E-state index in [1.54, 1.807) is 4.90 Å². The van der Waals surface area contributed by atoms with E-state index >= 15 is 0 Å². The van der Waals surface area contributed by atoms with Crippen molar-refractivity contribution < 1.29 is 19.5 Å². The molecule has 0 bridgehead atoms. The van der Waals surface area contributed by atoms with E-state index in [9.17, 15) is 19.5 Å². The zero-order valence-corrected chi connectivity index (χ0v) is 13.5. The molecule has 1 saturated carbocycles. The fourth-order valence-corrected chi connectivity index (χ4v) is 3.18. The maximum absolute atomic E-state index is 12.8. The molecule has 1 aromatic rings. The number of carboxylic acid groups (broad SMARTS) is 1. The molecule has 0 radical (unpaired) electrons. The molecule has 1 heterocycles. The summed E-state index contributed by atoms with van der Waals surface area (Å²) >= 11 is 0. The van der Waals surface area contributed by atoms with Crippen LogP contribution in [0, 0.1) is 5.41 Å². The first-order valence-corrected chi connectivity index (χ1v) is 8.39. The number of rotatable bonds is 6. The van der Waals surface area contributed by atoms with Crippen LogP contribution in [0.3, 0.4) is 0 Å². The highest BCUT2D eigenvalue weighted by Gasteiger charge is 2.50. The molecule has 6 heteroatoms. The van der Waals surface area contributed by atoms with E-state index in [4.69, 9.17) is 0 Å². The molecule has 2 aliphatic rings. The first-order chi connectivity index (χ1) is 11.5. The van der Waals surface area contributed by atoms with Crippen molar-refractivity contribution in [3.63, 3.8) is 0 Å². The Labute approximate surface area is 140 Å². The highest BCUT2D eigenvalue weighted by atomic mass is 16.4. The lowest BCUT2D eigenvalue weighted by Gasteiger charge is -2.34. The number of piperidine rings is 1. The number of likely N-dealkylation sites (tertiary alicyclic amines) is 1. The quantitative estimate of drug-likeness (QED) is 0.831. The van der Waals surface area contributed by atoms with Gasteiger partial charge >= 0.3 is 5.97 Å². The van der Waals surface area contributed by atoms with Gasteiger partial charge in [-0.15, -0.1) is 0 Å². The van der Waals surface area contributed by atoms with Gasteiger partial charge in [-0.2, -0.15) is 0 Å². The Morgan fingerprint density at radius 2 is 1.92 bits per heavy atom. The Morgan fingerprint density at radius 3 is 2.50 bits per heavy atom. The van der Waals surface area contributed by atoms with Crippen LogP contribution < -0.4 is 5.32 Å². The van der Waals surface area contributed by atoms with Crippen molar-refractivity contribution in [2.75, 3.05) is 13.1 Å². The summed E-state index contributed by atoms with van der Waals surface area (Å²) in [6, 6.07) is 8.50. The second-order valence-corrected chi connectivity index (χ2v) is 6.66. The van der Waals surface area contributed by atoms with Gasteiger partial charge in [-0.3, -0.25) is 14.4 Å². The lowest BCUT2D eigenvalue weighted by Crippen LogP contribution is -2.47. The number of carboxylic acids is 1. The van der Waals surface area contributed by atoms with Crippen LogP contribution in [0.5, 0.6) is 0 Å². The van der Waals surface area contributed by atoms with Gasteiger partial charge in [0, 0.05) is 19.5 Å². The monoisotopic (exact) mass is 330 g/mol. The highest BCUT2D eigenvalue weighted by Crippen LogP contribution is 2.45. The summed E-state index contributed by atoms with van der Waals surface area (Å²) < 4.78 is 0. The highest BCUT2D eigenvalue weighted by molar-refractivity contribution is 5.89. The van der Waals surface area contributed by atoms with Crippen molar-refractivity contribution in [3.05, 3.63) is 35.9 Å². The van der Waals surface area contributed by atoms with Crippen molar-refractivity contribution in [3.8, 4) is 0 Å². The maximum atomic E-state index is 12.8. The van der Waals surface area contributed by atoms with E-state index in [1.165, 1.54) is 0 Å². The molecule has 1 atom stereocenters. The fourth-order valence-electron chi connectivity index (χ4n) is 3.18. The molecule has 1 aromatic carbocycles. The normalized spacial score (nSPS) is 20.3. The van der Waals surface area contributed by atoms with Gasteiger partial charge in [0.25, 0.3) is 0 Å². The van der Waals surface area contributed by atoms with Crippen molar-refractivity contribution in [2.45, 2.75) is 38.1 Å². The number of amides is 2. The fraction of sp³-hybridized carbons (Fsp3) is 0.500. The topological polar surface area (TPSA) is 86.7 Å². The number of benzene rings is 1. The number of carbonyl (C=O) groups excluding carboxylic acids is 2. The molecule has 128 valence electrons. The van der Waals surface area contributed by atoms with Crippen LogP contribution in [0.2, 0.25) is 0 Å². The molecule has 2 N–H and O–H groups in total. The van der Waals surface area contributed by atoms with Crippen LogP contribution in [-0.4, -0.2) is 40.9 Å². The SMILES string of the molecule is O=C(NCC1(C(=O)O)CC1)C(c1ccccc1)N1CCCCC1=O. The molecule has 1 aliphatic carbocycles. The largest absolute Gasteiger partial charge is 0.481 e. The number of hydrogen-bond acceptors (Lipinski definition) is 3. The van der Waals surface area contributed by atoms with Crippen LogP contribution >= 0.6 is 0 Å². The molecular formula is C18H22N2O4. The maximum Gasteiger partial charge on any atom is 0.311 e. The van der Waals surface area contributed by atoms with Gasteiger partial charge in [-0.05, 0) is 31.2 Å². The average molecular weight is 330 g/mol. The summed E-state index contributed by atoms with van der Waals surface area (Å²) in [4.78, 5) is 38.0. The predicted octanol–water partition coefficient (Wildman–Crippen LogP) is 1.72. The molecule has 2 amide bonds. The zero-order valence-electron chi connectivity index (χ0n) is 13.5. The molecule has 1 saturated heterocycles. The van der Waals surface area contributed by atoms with Gasteiger partial charge in [0.15, 0.2) is 0 Å². The van der Waals surface area contributed by atoms with E-state index in [2.05, 4.69) is 5.32 Å². The lowest BCUT2D eigenvalue weighted by molar-refractivity contribution is -0.145. The van der Waals surface area contributed by atoms with Crippen molar-refractivity contribution in [1.29, 1.82) is 0 Å². The molecule has 24 heavy (non-hydrogen) atoms. The summed E-state index contributed by atoms with van der Waals surface area (Å²) in [5.41, 5.74) is -0.0616. The van der Waals surface area contributed by atoms with E-state index in [0.29, 0.717) is 25.8 Å². The third-order valence-corrected chi connectivity index (χ3v) is 4.94. The van der Waals surface area contributed by atoms with E-state index in [1.807, 2.05) is 30.3 Å². The van der Waals surface area contributed by atoms with Gasteiger partial charge in [-0.1, -0.05) is 30.3 Å². The van der Waals surface area contributed by atoms with E-state index in [-0.39, 0.29) is 18.4 Å². The van der Waals surface area contributed by atoms with Crippen molar-refractivity contribution in [2.24, 2.45) is 5.41 Å². The first kappa shape index (κ1) is 16.5. The third kappa shape index (κ3) is 3.27. The molecular weight excluding hydrogens is 308 g/mol. The Balaban J connectivity index is 1.78. The van der Waals surface area contributed by atoms with Crippen LogP contribution in [0.15, 0.2) is 30.3 Å². The van der Waals surface area contributed by atoms with Gasteiger partial charge in [0.2, 0.25) is 11.8 Å². The second kappa shape index (κ2) is 6.63. The Bertz CT molecular complexity index is 640. The molecule has 1 unspecified atom stereocenters. The van der Waals surface area contributed by atoms with E-state index in [0.717, 1.165) is 18.4 Å². The second-order valence-electron chi connectivity index (χ2n) is 6.66. The Kier molecular flexibility index (Phi) is 4.55. The predicted molar refractivity (Wildman–Crippen MR) is 87.1 cm³/mol. The molecule has 0 spiro atoms. The number of carbonyl (C=O) groups is 3. The van der Waals surface area contributed by atoms with Gasteiger partial charge < -0.3 is 15.3 Å². The van der Waals surface area contributed by atoms with Gasteiger partial charge in [0.05, 0.1) is 5.41 Å². The smallest absolute Gasteiger partial charge is 0.311 e. The van der Waals surface area contributed by atoms with Gasteiger partial charge in [-0.25, -0.2) is 0 Å².